The van der Waals surface area contributed by atoms with Crippen LogP contribution >= 0.6 is 0 Å². The van der Waals surface area contributed by atoms with Gasteiger partial charge in [0.2, 0.25) is 5.91 Å². The number of methoxy groups -OCH3 is 1. The number of benzene rings is 1. The summed E-state index contributed by atoms with van der Waals surface area (Å²) in [4.78, 5) is 24.3. The van der Waals surface area contributed by atoms with Crippen LogP contribution in [-0.2, 0) is 9.53 Å². The average molecular weight is 266 g/mol. The number of rotatable bonds is 6. The molecule has 0 bridgehead atoms. The number of carbonyl (C=O) groups is 2. The first-order valence-electron chi connectivity index (χ1n) is 5.93. The molecule has 0 aliphatic heterocycles. The third-order valence-electron chi connectivity index (χ3n) is 2.70. The maximum absolute atomic E-state index is 12.0. The summed E-state index contributed by atoms with van der Waals surface area (Å²) in [6.45, 7) is 2.62. The second-order valence-electron chi connectivity index (χ2n) is 3.96. The average Bonchev–Trinajstić information content (AvgIpc) is 2.38. The third kappa shape index (κ3) is 3.69. The molecule has 0 atom stereocenters. The number of carbonyl (C=O) groups excluding carboxylic acids is 1. The zero-order valence-corrected chi connectivity index (χ0v) is 11.0. The normalized spacial score (nSPS) is 10.2. The van der Waals surface area contributed by atoms with E-state index >= 15 is 0 Å². The van der Waals surface area contributed by atoms with Crippen molar-refractivity contribution in [2.24, 2.45) is 0 Å². The fourth-order valence-corrected chi connectivity index (χ4v) is 1.74. The van der Waals surface area contributed by atoms with Crippen molar-refractivity contribution in [3.05, 3.63) is 23.8 Å². The molecule has 0 aliphatic rings. The number of carboxylic acids is 1. The second-order valence-corrected chi connectivity index (χ2v) is 3.96. The largest absolute Gasteiger partial charge is 0.478 e. The number of amides is 1. The summed E-state index contributed by atoms with van der Waals surface area (Å²) in [5, 5.41) is 8.87. The van der Waals surface area contributed by atoms with Gasteiger partial charge in [-0.05, 0) is 25.1 Å². The van der Waals surface area contributed by atoms with E-state index in [0.29, 0.717) is 18.8 Å². The Bertz CT molecular complexity index is 474. The second kappa shape index (κ2) is 6.75. The van der Waals surface area contributed by atoms with Gasteiger partial charge in [-0.25, -0.2) is 4.79 Å². The van der Waals surface area contributed by atoms with Crippen molar-refractivity contribution in [2.75, 3.05) is 30.9 Å². The first kappa shape index (κ1) is 15.0. The molecule has 6 heteroatoms. The lowest BCUT2D eigenvalue weighted by atomic mass is 10.1. The molecule has 0 aliphatic carbocycles. The summed E-state index contributed by atoms with van der Waals surface area (Å²) in [5.74, 6) is -1.16. The standard InChI is InChI=1S/C13H18N2O4/c1-3-15(12(16)6-7-19-2)11-5-4-9(13(17)18)8-10(11)14/h4-5,8H,3,6-7,14H2,1-2H3,(H,17,18). The Morgan fingerprint density at radius 3 is 2.58 bits per heavy atom. The molecular weight excluding hydrogens is 248 g/mol. The number of carboxylic acid groups (broad SMARTS) is 1. The number of anilines is 2. The number of hydrogen-bond acceptors (Lipinski definition) is 4. The molecule has 6 nitrogen and oxygen atoms in total. The van der Waals surface area contributed by atoms with Gasteiger partial charge in [-0.1, -0.05) is 0 Å². The number of nitrogen functional groups attached to an aromatic ring is 1. The minimum absolute atomic E-state index is 0.0987. The molecule has 0 unspecified atom stereocenters. The Morgan fingerprint density at radius 2 is 2.11 bits per heavy atom. The highest BCUT2D eigenvalue weighted by Gasteiger charge is 2.17. The molecule has 1 aromatic rings. The molecule has 3 N–H and O–H groups in total. The topological polar surface area (TPSA) is 92.9 Å². The molecule has 0 radical (unpaired) electrons. The van der Waals surface area contributed by atoms with Gasteiger partial charge < -0.3 is 20.5 Å². The molecule has 0 saturated carbocycles. The van der Waals surface area contributed by atoms with E-state index in [0.717, 1.165) is 0 Å². The lowest BCUT2D eigenvalue weighted by Crippen LogP contribution is -2.32. The van der Waals surface area contributed by atoms with Crippen molar-refractivity contribution >= 4 is 23.3 Å². The minimum Gasteiger partial charge on any atom is -0.478 e. The van der Waals surface area contributed by atoms with Crippen molar-refractivity contribution in [1.82, 2.24) is 0 Å². The van der Waals surface area contributed by atoms with Gasteiger partial charge in [0.25, 0.3) is 0 Å². The van der Waals surface area contributed by atoms with Crippen LogP contribution in [0.25, 0.3) is 0 Å². The van der Waals surface area contributed by atoms with E-state index in [2.05, 4.69) is 0 Å². The Hall–Kier alpha value is -2.08. The van der Waals surface area contributed by atoms with Gasteiger partial charge in [-0.15, -0.1) is 0 Å². The van der Waals surface area contributed by atoms with Crippen LogP contribution in [-0.4, -0.2) is 37.2 Å². The monoisotopic (exact) mass is 266 g/mol. The fourth-order valence-electron chi connectivity index (χ4n) is 1.74. The fraction of sp³-hybridized carbons (Fsp3) is 0.385. The summed E-state index contributed by atoms with van der Waals surface area (Å²) in [7, 11) is 1.53. The highest BCUT2D eigenvalue weighted by molar-refractivity contribution is 5.98. The highest BCUT2D eigenvalue weighted by atomic mass is 16.5. The van der Waals surface area contributed by atoms with Crippen molar-refractivity contribution in [3.63, 3.8) is 0 Å². The highest BCUT2D eigenvalue weighted by Crippen LogP contribution is 2.25. The maximum atomic E-state index is 12.0. The van der Waals surface area contributed by atoms with Crippen LogP contribution in [0.15, 0.2) is 18.2 Å². The lowest BCUT2D eigenvalue weighted by Gasteiger charge is -2.22. The molecule has 19 heavy (non-hydrogen) atoms. The van der Waals surface area contributed by atoms with Crippen LogP contribution in [0.4, 0.5) is 11.4 Å². The van der Waals surface area contributed by atoms with Crippen LogP contribution in [0.2, 0.25) is 0 Å². The SMILES string of the molecule is CCN(C(=O)CCOC)c1ccc(C(=O)O)cc1N. The summed E-state index contributed by atoms with van der Waals surface area (Å²) < 4.78 is 4.87. The van der Waals surface area contributed by atoms with Gasteiger partial charge in [0.1, 0.15) is 0 Å². The van der Waals surface area contributed by atoms with E-state index in [4.69, 9.17) is 15.6 Å². The molecule has 1 rings (SSSR count). The van der Waals surface area contributed by atoms with Gasteiger partial charge in [0.15, 0.2) is 0 Å². The first-order chi connectivity index (χ1) is 9.01. The number of nitrogens with two attached hydrogens (primary N) is 1. The molecule has 1 aromatic carbocycles. The van der Waals surface area contributed by atoms with Crippen molar-refractivity contribution in [3.8, 4) is 0 Å². The molecule has 0 fully saturated rings. The molecule has 104 valence electrons. The number of aromatic carboxylic acids is 1. The zero-order chi connectivity index (χ0) is 14.4. The minimum atomic E-state index is -1.05. The van der Waals surface area contributed by atoms with E-state index in [-0.39, 0.29) is 23.6 Å². The smallest absolute Gasteiger partial charge is 0.335 e. The number of ether oxygens (including phenoxy) is 1. The molecule has 0 aromatic heterocycles. The molecule has 0 saturated heterocycles. The van der Waals surface area contributed by atoms with Crippen molar-refractivity contribution in [1.29, 1.82) is 0 Å². The van der Waals surface area contributed by atoms with Crippen LogP contribution in [0.3, 0.4) is 0 Å². The zero-order valence-electron chi connectivity index (χ0n) is 11.0. The van der Waals surface area contributed by atoms with Crippen molar-refractivity contribution in [2.45, 2.75) is 13.3 Å². The van der Waals surface area contributed by atoms with E-state index in [9.17, 15) is 9.59 Å². The van der Waals surface area contributed by atoms with E-state index in [1.54, 1.807) is 6.07 Å². The van der Waals surface area contributed by atoms with Crippen LogP contribution in [0, 0.1) is 0 Å². The summed E-state index contributed by atoms with van der Waals surface area (Å²) >= 11 is 0. The van der Waals surface area contributed by atoms with E-state index in [1.165, 1.54) is 24.1 Å². The Morgan fingerprint density at radius 1 is 1.42 bits per heavy atom. The Balaban J connectivity index is 2.99. The quantitative estimate of drug-likeness (QED) is 0.758. The first-order valence-corrected chi connectivity index (χ1v) is 5.93. The molecule has 0 heterocycles. The molecule has 1 amide bonds. The van der Waals surface area contributed by atoms with Crippen LogP contribution < -0.4 is 10.6 Å². The van der Waals surface area contributed by atoms with Gasteiger partial charge in [0, 0.05) is 13.7 Å². The summed E-state index contributed by atoms with van der Waals surface area (Å²) in [6.07, 6.45) is 0.254. The van der Waals surface area contributed by atoms with E-state index in [1.807, 2.05) is 6.92 Å². The molecule has 0 spiro atoms. The van der Waals surface area contributed by atoms with Gasteiger partial charge in [-0.2, -0.15) is 0 Å². The number of hydrogen-bond donors (Lipinski definition) is 2. The van der Waals surface area contributed by atoms with Crippen LogP contribution in [0.1, 0.15) is 23.7 Å². The van der Waals surface area contributed by atoms with Gasteiger partial charge in [0.05, 0.1) is 30.0 Å². The van der Waals surface area contributed by atoms with Gasteiger partial charge >= 0.3 is 5.97 Å². The predicted molar refractivity (Wildman–Crippen MR) is 72.3 cm³/mol. The molecular formula is C13H18N2O4. The van der Waals surface area contributed by atoms with Crippen LogP contribution in [0.5, 0.6) is 0 Å². The maximum Gasteiger partial charge on any atom is 0.335 e. The predicted octanol–water partition coefficient (Wildman–Crippen LogP) is 1.36. The lowest BCUT2D eigenvalue weighted by molar-refractivity contribution is -0.119. The Labute approximate surface area is 111 Å². The van der Waals surface area contributed by atoms with Gasteiger partial charge in [-0.3, -0.25) is 4.79 Å². The van der Waals surface area contributed by atoms with Crippen molar-refractivity contribution < 1.29 is 19.4 Å². The summed E-state index contributed by atoms with van der Waals surface area (Å²) in [6, 6.07) is 4.33. The van der Waals surface area contributed by atoms with E-state index < -0.39 is 5.97 Å². The summed E-state index contributed by atoms with van der Waals surface area (Å²) in [5.41, 5.74) is 6.71. The third-order valence-corrected chi connectivity index (χ3v) is 2.70. The number of nitrogens with zero attached hydrogens (tertiary/aromatic N) is 1. The Kier molecular flexibility index (Phi) is 5.32.